The minimum atomic E-state index is -0.503. The quantitative estimate of drug-likeness (QED) is 0.455. The number of hydrogen-bond acceptors (Lipinski definition) is 7. The summed E-state index contributed by atoms with van der Waals surface area (Å²) in [6.07, 6.45) is 1.67. The summed E-state index contributed by atoms with van der Waals surface area (Å²) in [5, 5.41) is 14.6. The number of rotatable bonds is 7. The number of non-ortho nitro benzene ring substituents is 1. The molecule has 0 spiro atoms. The highest BCUT2D eigenvalue weighted by atomic mass is 16.6. The van der Waals surface area contributed by atoms with Crippen molar-refractivity contribution in [3.05, 3.63) is 82.0 Å². The van der Waals surface area contributed by atoms with Gasteiger partial charge in [-0.2, -0.15) is 0 Å². The van der Waals surface area contributed by atoms with Crippen LogP contribution in [0.4, 0.5) is 5.69 Å². The molecule has 144 valence electrons. The average Bonchev–Trinajstić information content (AvgIpc) is 3.20. The first-order valence-electron chi connectivity index (χ1n) is 8.46. The largest absolute Gasteiger partial charge is 0.485 e. The lowest BCUT2D eigenvalue weighted by atomic mass is 10.2. The Kier molecular flexibility index (Phi) is 5.64. The van der Waals surface area contributed by atoms with Crippen molar-refractivity contribution in [3.63, 3.8) is 0 Å². The molecule has 2 aromatic heterocycles. The van der Waals surface area contributed by atoms with E-state index in [4.69, 9.17) is 9.26 Å². The molecule has 3 rings (SSSR count). The van der Waals surface area contributed by atoms with Gasteiger partial charge in [-0.3, -0.25) is 19.9 Å². The zero-order valence-electron chi connectivity index (χ0n) is 15.3. The van der Waals surface area contributed by atoms with E-state index in [0.717, 1.165) is 5.69 Å². The number of carbonyl (C=O) groups is 1. The van der Waals surface area contributed by atoms with Gasteiger partial charge in [0.05, 0.1) is 22.7 Å². The number of benzene rings is 1. The lowest BCUT2D eigenvalue weighted by molar-refractivity contribution is -0.384. The number of carbonyl (C=O) groups excluding carboxylic acids is 1. The molecule has 3 aromatic rings. The zero-order valence-corrected chi connectivity index (χ0v) is 15.3. The maximum absolute atomic E-state index is 12.6. The highest BCUT2D eigenvalue weighted by Crippen LogP contribution is 2.21. The third kappa shape index (κ3) is 4.32. The molecule has 2 heterocycles. The van der Waals surface area contributed by atoms with Gasteiger partial charge in [0, 0.05) is 25.4 Å². The highest BCUT2D eigenvalue weighted by molar-refractivity contribution is 5.92. The second kappa shape index (κ2) is 8.30. The monoisotopic (exact) mass is 382 g/mol. The summed E-state index contributed by atoms with van der Waals surface area (Å²) in [4.78, 5) is 28.7. The van der Waals surface area contributed by atoms with Crippen molar-refractivity contribution in [2.24, 2.45) is 0 Å². The van der Waals surface area contributed by atoms with Crippen LogP contribution in [-0.4, -0.2) is 32.9 Å². The van der Waals surface area contributed by atoms with Crippen LogP contribution in [0.5, 0.6) is 5.75 Å². The normalized spacial score (nSPS) is 11.6. The maximum Gasteiger partial charge on any atom is 0.276 e. The molecular weight excluding hydrogens is 364 g/mol. The smallest absolute Gasteiger partial charge is 0.276 e. The van der Waals surface area contributed by atoms with Gasteiger partial charge in [0.25, 0.3) is 11.6 Å². The summed E-state index contributed by atoms with van der Waals surface area (Å²) in [6.45, 7) is 1.85. The van der Waals surface area contributed by atoms with Gasteiger partial charge in [-0.05, 0) is 25.1 Å². The van der Waals surface area contributed by atoms with Crippen LogP contribution >= 0.6 is 0 Å². The SMILES string of the molecule is CC(c1ccccn1)N(C)C(=O)c1cc(COc2cccc([N+](=O)[O-])c2)on1. The summed E-state index contributed by atoms with van der Waals surface area (Å²) >= 11 is 0. The topological polar surface area (TPSA) is 112 Å². The van der Waals surface area contributed by atoms with E-state index in [9.17, 15) is 14.9 Å². The third-order valence-electron chi connectivity index (χ3n) is 4.20. The van der Waals surface area contributed by atoms with Crippen molar-refractivity contribution < 1.29 is 19.0 Å². The van der Waals surface area contributed by atoms with E-state index in [2.05, 4.69) is 10.1 Å². The number of hydrogen-bond donors (Lipinski definition) is 0. The predicted molar refractivity (Wildman–Crippen MR) is 98.7 cm³/mol. The van der Waals surface area contributed by atoms with E-state index in [1.165, 1.54) is 29.2 Å². The Morgan fingerprint density at radius 1 is 1.29 bits per heavy atom. The van der Waals surface area contributed by atoms with E-state index >= 15 is 0 Å². The Bertz CT molecular complexity index is 973. The third-order valence-corrected chi connectivity index (χ3v) is 4.20. The van der Waals surface area contributed by atoms with Crippen molar-refractivity contribution in [1.82, 2.24) is 15.0 Å². The minimum Gasteiger partial charge on any atom is -0.485 e. The zero-order chi connectivity index (χ0) is 20.1. The van der Waals surface area contributed by atoms with E-state index < -0.39 is 4.92 Å². The molecule has 0 saturated heterocycles. The summed E-state index contributed by atoms with van der Waals surface area (Å²) in [5.74, 6) is 0.330. The first-order chi connectivity index (χ1) is 13.5. The minimum absolute atomic E-state index is 0.0129. The molecule has 0 aliphatic carbocycles. The fraction of sp³-hybridized carbons (Fsp3) is 0.211. The van der Waals surface area contributed by atoms with Gasteiger partial charge >= 0.3 is 0 Å². The number of aromatic nitrogens is 2. The molecule has 9 nitrogen and oxygen atoms in total. The molecule has 0 N–H and O–H groups in total. The Morgan fingerprint density at radius 3 is 2.82 bits per heavy atom. The van der Waals surface area contributed by atoms with Crippen LogP contribution in [0.1, 0.15) is 34.9 Å². The van der Waals surface area contributed by atoms with E-state index in [0.29, 0.717) is 11.5 Å². The van der Waals surface area contributed by atoms with Crippen molar-refractivity contribution in [3.8, 4) is 5.75 Å². The second-order valence-electron chi connectivity index (χ2n) is 6.07. The van der Waals surface area contributed by atoms with E-state index in [1.807, 2.05) is 25.1 Å². The molecule has 1 amide bonds. The van der Waals surface area contributed by atoms with Crippen LogP contribution in [-0.2, 0) is 6.61 Å². The molecule has 1 unspecified atom stereocenters. The number of ether oxygens (including phenoxy) is 1. The van der Waals surface area contributed by atoms with Gasteiger partial charge in [-0.15, -0.1) is 0 Å². The van der Waals surface area contributed by atoms with Gasteiger partial charge in [-0.1, -0.05) is 17.3 Å². The number of nitrogens with zero attached hydrogens (tertiary/aromatic N) is 4. The average molecular weight is 382 g/mol. The first-order valence-corrected chi connectivity index (χ1v) is 8.46. The summed E-state index contributed by atoms with van der Waals surface area (Å²) in [7, 11) is 1.66. The summed E-state index contributed by atoms with van der Waals surface area (Å²) in [5.41, 5.74) is 0.829. The van der Waals surface area contributed by atoms with Crippen molar-refractivity contribution in [2.75, 3.05) is 7.05 Å². The van der Waals surface area contributed by atoms with E-state index in [1.54, 1.807) is 19.3 Å². The molecule has 0 fully saturated rings. The van der Waals surface area contributed by atoms with Crippen LogP contribution in [0.3, 0.4) is 0 Å². The predicted octanol–water partition coefficient (Wildman–Crippen LogP) is 3.39. The number of pyridine rings is 1. The Hall–Kier alpha value is -3.75. The first kappa shape index (κ1) is 19.0. The molecule has 0 aliphatic heterocycles. The van der Waals surface area contributed by atoms with Crippen LogP contribution in [0.15, 0.2) is 59.3 Å². The van der Waals surface area contributed by atoms with Gasteiger partial charge in [0.2, 0.25) is 0 Å². The van der Waals surface area contributed by atoms with Crippen LogP contribution in [0, 0.1) is 10.1 Å². The lowest BCUT2D eigenvalue weighted by Gasteiger charge is -2.23. The van der Waals surface area contributed by atoms with Gasteiger partial charge in [0.1, 0.15) is 12.4 Å². The number of nitro groups is 1. The fourth-order valence-electron chi connectivity index (χ4n) is 2.50. The Balaban J connectivity index is 1.64. The molecule has 28 heavy (non-hydrogen) atoms. The Labute approximate surface area is 160 Å². The van der Waals surface area contributed by atoms with Crippen LogP contribution in [0.25, 0.3) is 0 Å². The van der Waals surface area contributed by atoms with Gasteiger partial charge in [-0.25, -0.2) is 0 Å². The molecule has 0 aliphatic rings. The summed E-state index contributed by atoms with van der Waals surface area (Å²) in [6, 6.07) is 12.6. The Morgan fingerprint density at radius 2 is 2.11 bits per heavy atom. The molecule has 0 saturated carbocycles. The fourth-order valence-corrected chi connectivity index (χ4v) is 2.50. The second-order valence-corrected chi connectivity index (χ2v) is 6.07. The van der Waals surface area contributed by atoms with Gasteiger partial charge < -0.3 is 14.2 Å². The number of nitro benzene ring substituents is 1. The molecular formula is C19H18N4O5. The lowest BCUT2D eigenvalue weighted by Crippen LogP contribution is -2.30. The van der Waals surface area contributed by atoms with Crippen LogP contribution in [0.2, 0.25) is 0 Å². The molecule has 1 aromatic carbocycles. The van der Waals surface area contributed by atoms with Crippen molar-refractivity contribution in [2.45, 2.75) is 19.6 Å². The standard InChI is InChI=1S/C19H18N4O5/c1-13(17-8-3-4-9-20-17)22(2)19(24)18-11-16(28-21-18)12-27-15-7-5-6-14(10-15)23(25)26/h3-11,13H,12H2,1-2H3. The summed E-state index contributed by atoms with van der Waals surface area (Å²) < 4.78 is 10.6. The maximum atomic E-state index is 12.6. The van der Waals surface area contributed by atoms with Gasteiger partial charge in [0.15, 0.2) is 11.5 Å². The molecule has 9 heteroatoms. The van der Waals surface area contributed by atoms with Crippen LogP contribution < -0.4 is 4.74 Å². The molecule has 0 bridgehead atoms. The van der Waals surface area contributed by atoms with E-state index in [-0.39, 0.29) is 29.9 Å². The number of amides is 1. The van der Waals surface area contributed by atoms with Crippen molar-refractivity contribution >= 4 is 11.6 Å². The molecule has 1 atom stereocenters. The highest BCUT2D eigenvalue weighted by Gasteiger charge is 2.23. The van der Waals surface area contributed by atoms with Crippen molar-refractivity contribution in [1.29, 1.82) is 0 Å². The molecule has 0 radical (unpaired) electrons.